The van der Waals surface area contributed by atoms with Crippen molar-refractivity contribution in [3.63, 3.8) is 0 Å². The second-order valence-electron chi connectivity index (χ2n) is 3.53. The summed E-state index contributed by atoms with van der Waals surface area (Å²) in [5.41, 5.74) is -1.47. The number of Topliss-reactive ketones (excluding diaryl/α,β-unsaturated/α-hetero) is 1. The van der Waals surface area contributed by atoms with E-state index < -0.39 is 23.3 Å². The van der Waals surface area contributed by atoms with E-state index in [1.807, 2.05) is 0 Å². The van der Waals surface area contributed by atoms with Crippen LogP contribution in [0.1, 0.15) is 15.9 Å². The summed E-state index contributed by atoms with van der Waals surface area (Å²) in [5.74, 6) is -1.93. The van der Waals surface area contributed by atoms with Crippen molar-refractivity contribution in [2.75, 3.05) is 20.7 Å². The lowest BCUT2D eigenvalue weighted by atomic mass is 10.0. The maximum absolute atomic E-state index is 12.7. The van der Waals surface area contributed by atoms with Gasteiger partial charge in [-0.25, -0.2) is 0 Å². The summed E-state index contributed by atoms with van der Waals surface area (Å²) in [7, 11) is 2.61. The number of methoxy groups -OCH3 is 1. The smallest absolute Gasteiger partial charge is 0.420 e. The fraction of sp³-hybridized carbons (Fsp3) is 0.364. The molecular weight excluding hydrogens is 251 g/mol. The number of carbonyl (C=O) groups excluding carboxylic acids is 1. The lowest BCUT2D eigenvalue weighted by molar-refractivity contribution is -0.138. The minimum atomic E-state index is -4.76. The molecule has 0 atom stereocenters. The molecule has 0 aromatic heterocycles. The summed E-state index contributed by atoms with van der Waals surface area (Å²) in [6.45, 7) is -0.106. The number of ether oxygens (including phenoxy) is 1. The van der Waals surface area contributed by atoms with Gasteiger partial charge in [0.2, 0.25) is 0 Å². The zero-order valence-electron chi connectivity index (χ0n) is 9.76. The summed E-state index contributed by atoms with van der Waals surface area (Å²) in [5, 5.41) is 11.9. The van der Waals surface area contributed by atoms with Crippen molar-refractivity contribution < 1.29 is 27.8 Å². The molecule has 1 aromatic carbocycles. The maximum atomic E-state index is 12.7. The number of hydrogen-bond acceptors (Lipinski definition) is 4. The van der Waals surface area contributed by atoms with Crippen molar-refractivity contribution in [3.05, 3.63) is 23.3 Å². The van der Waals surface area contributed by atoms with Crippen LogP contribution in [-0.2, 0) is 6.18 Å². The second kappa shape index (κ2) is 5.26. The minimum absolute atomic E-state index is 0.106. The van der Waals surface area contributed by atoms with E-state index in [0.29, 0.717) is 6.07 Å². The maximum Gasteiger partial charge on any atom is 0.420 e. The van der Waals surface area contributed by atoms with E-state index in [4.69, 9.17) is 0 Å². The van der Waals surface area contributed by atoms with E-state index in [1.54, 1.807) is 0 Å². The molecule has 7 heteroatoms. The number of alkyl halides is 3. The normalized spacial score (nSPS) is 11.4. The molecule has 18 heavy (non-hydrogen) atoms. The topological polar surface area (TPSA) is 58.6 Å². The number of halogens is 3. The van der Waals surface area contributed by atoms with Crippen LogP contribution in [0.3, 0.4) is 0 Å². The van der Waals surface area contributed by atoms with Gasteiger partial charge in [-0.05, 0) is 19.2 Å². The Morgan fingerprint density at radius 2 is 2.06 bits per heavy atom. The molecule has 0 radical (unpaired) electrons. The van der Waals surface area contributed by atoms with Gasteiger partial charge < -0.3 is 15.2 Å². The van der Waals surface area contributed by atoms with Crippen molar-refractivity contribution in [1.82, 2.24) is 5.32 Å². The van der Waals surface area contributed by atoms with Crippen LogP contribution < -0.4 is 10.1 Å². The third-order valence-electron chi connectivity index (χ3n) is 2.26. The first-order valence-corrected chi connectivity index (χ1v) is 4.97. The standard InChI is InChI=1S/C11H12F3NO3/c1-15-5-8(16)6-3-7(11(12,13)14)10(17)9(4-6)18-2/h3-4,15,17H,5H2,1-2H3. The molecule has 0 aliphatic carbocycles. The van der Waals surface area contributed by atoms with Crippen LogP contribution in [0.5, 0.6) is 11.5 Å². The summed E-state index contributed by atoms with van der Waals surface area (Å²) in [6.07, 6.45) is -4.76. The molecule has 1 rings (SSSR count). The molecule has 0 saturated carbocycles. The van der Waals surface area contributed by atoms with Crippen molar-refractivity contribution >= 4 is 5.78 Å². The summed E-state index contributed by atoms with van der Waals surface area (Å²) < 4.78 is 42.6. The van der Waals surface area contributed by atoms with Crippen LogP contribution in [0.2, 0.25) is 0 Å². The van der Waals surface area contributed by atoms with Crippen LogP contribution in [-0.4, -0.2) is 31.6 Å². The Kier molecular flexibility index (Phi) is 4.18. The Bertz CT molecular complexity index is 458. The van der Waals surface area contributed by atoms with Crippen molar-refractivity contribution in [2.45, 2.75) is 6.18 Å². The molecule has 0 aliphatic heterocycles. The van der Waals surface area contributed by atoms with Gasteiger partial charge in [-0.15, -0.1) is 0 Å². The van der Waals surface area contributed by atoms with E-state index in [9.17, 15) is 23.1 Å². The number of carbonyl (C=O) groups is 1. The van der Waals surface area contributed by atoms with Gasteiger partial charge in [0.1, 0.15) is 5.56 Å². The summed E-state index contributed by atoms with van der Waals surface area (Å²) >= 11 is 0. The van der Waals surface area contributed by atoms with Gasteiger partial charge in [0.05, 0.1) is 13.7 Å². The molecule has 0 bridgehead atoms. The number of benzene rings is 1. The molecule has 100 valence electrons. The highest BCUT2D eigenvalue weighted by Gasteiger charge is 2.36. The van der Waals surface area contributed by atoms with Gasteiger partial charge in [-0.3, -0.25) is 4.79 Å². The van der Waals surface area contributed by atoms with Gasteiger partial charge in [0, 0.05) is 5.56 Å². The minimum Gasteiger partial charge on any atom is -0.504 e. The first kappa shape index (κ1) is 14.3. The van der Waals surface area contributed by atoms with Gasteiger partial charge in [-0.1, -0.05) is 0 Å². The predicted octanol–water partition coefficient (Wildman–Crippen LogP) is 1.82. The Balaban J connectivity index is 3.35. The Labute approximate surface area is 101 Å². The molecule has 0 heterocycles. The summed E-state index contributed by atoms with van der Waals surface area (Å²) in [6, 6.07) is 1.68. The van der Waals surface area contributed by atoms with E-state index in [2.05, 4.69) is 10.1 Å². The molecular formula is C11H12F3NO3. The molecule has 0 spiro atoms. The monoisotopic (exact) mass is 263 g/mol. The molecule has 1 aromatic rings. The molecule has 2 N–H and O–H groups in total. The van der Waals surface area contributed by atoms with Crippen LogP contribution in [0.4, 0.5) is 13.2 Å². The van der Waals surface area contributed by atoms with E-state index in [0.717, 1.165) is 13.2 Å². The molecule has 0 saturated heterocycles. The number of likely N-dealkylation sites (N-methyl/N-ethyl adjacent to an activating group) is 1. The zero-order chi connectivity index (χ0) is 13.9. The van der Waals surface area contributed by atoms with E-state index in [1.165, 1.54) is 7.05 Å². The highest BCUT2D eigenvalue weighted by Crippen LogP contribution is 2.41. The van der Waals surface area contributed by atoms with Crippen LogP contribution >= 0.6 is 0 Å². The predicted molar refractivity (Wildman–Crippen MR) is 57.9 cm³/mol. The quantitative estimate of drug-likeness (QED) is 0.813. The lowest BCUT2D eigenvalue weighted by Gasteiger charge is -2.13. The van der Waals surface area contributed by atoms with Crippen LogP contribution in [0, 0.1) is 0 Å². The molecule has 4 nitrogen and oxygen atoms in total. The number of nitrogens with one attached hydrogen (secondary N) is 1. The Morgan fingerprint density at radius 1 is 1.44 bits per heavy atom. The first-order chi connectivity index (χ1) is 8.31. The van der Waals surface area contributed by atoms with Crippen LogP contribution in [0.15, 0.2) is 12.1 Å². The van der Waals surface area contributed by atoms with Gasteiger partial charge in [0.25, 0.3) is 0 Å². The average Bonchev–Trinajstić information content (AvgIpc) is 2.28. The second-order valence-corrected chi connectivity index (χ2v) is 3.53. The third-order valence-corrected chi connectivity index (χ3v) is 2.26. The molecule has 0 aliphatic rings. The van der Waals surface area contributed by atoms with Crippen molar-refractivity contribution in [2.24, 2.45) is 0 Å². The third kappa shape index (κ3) is 2.92. The molecule has 0 amide bonds. The number of aromatic hydroxyl groups is 1. The first-order valence-electron chi connectivity index (χ1n) is 4.97. The van der Waals surface area contributed by atoms with Crippen LogP contribution in [0.25, 0.3) is 0 Å². The lowest BCUT2D eigenvalue weighted by Crippen LogP contribution is -2.19. The average molecular weight is 263 g/mol. The number of ketones is 1. The van der Waals surface area contributed by atoms with E-state index in [-0.39, 0.29) is 17.9 Å². The molecule has 0 fully saturated rings. The van der Waals surface area contributed by atoms with Crippen molar-refractivity contribution in [3.8, 4) is 11.5 Å². The van der Waals surface area contributed by atoms with Gasteiger partial charge >= 0.3 is 6.18 Å². The largest absolute Gasteiger partial charge is 0.504 e. The van der Waals surface area contributed by atoms with Gasteiger partial charge in [0.15, 0.2) is 17.3 Å². The Hall–Kier alpha value is -1.76. The SMILES string of the molecule is CNCC(=O)c1cc(OC)c(O)c(C(F)(F)F)c1. The number of rotatable bonds is 4. The highest BCUT2D eigenvalue weighted by molar-refractivity contribution is 5.98. The van der Waals surface area contributed by atoms with E-state index >= 15 is 0 Å². The highest BCUT2D eigenvalue weighted by atomic mass is 19.4. The number of phenols is 1. The Morgan fingerprint density at radius 3 is 2.50 bits per heavy atom. The fourth-order valence-electron chi connectivity index (χ4n) is 1.40. The number of hydrogen-bond donors (Lipinski definition) is 2. The fourth-order valence-corrected chi connectivity index (χ4v) is 1.40. The molecule has 0 unspecified atom stereocenters. The van der Waals surface area contributed by atoms with Gasteiger partial charge in [-0.2, -0.15) is 13.2 Å². The summed E-state index contributed by atoms with van der Waals surface area (Å²) in [4.78, 5) is 11.5. The number of phenolic OH excluding ortho intramolecular Hbond substituents is 1. The zero-order valence-corrected chi connectivity index (χ0v) is 9.76. The van der Waals surface area contributed by atoms with Crippen molar-refractivity contribution in [1.29, 1.82) is 0 Å².